The lowest BCUT2D eigenvalue weighted by molar-refractivity contribution is -0.146. The zero-order valence-electron chi connectivity index (χ0n) is 9.19. The van der Waals surface area contributed by atoms with Gasteiger partial charge in [0.1, 0.15) is 0 Å². The van der Waals surface area contributed by atoms with Crippen molar-refractivity contribution in [2.45, 2.75) is 26.7 Å². The van der Waals surface area contributed by atoms with Gasteiger partial charge in [-0.15, -0.1) is 0 Å². The molecule has 2 unspecified atom stereocenters. The molecular formula is C11H20O3. The van der Waals surface area contributed by atoms with Crippen LogP contribution < -0.4 is 0 Å². The third-order valence-corrected chi connectivity index (χ3v) is 2.35. The number of hydrogen-bond donors (Lipinski definition) is 1. The second-order valence-electron chi connectivity index (χ2n) is 3.37. The summed E-state index contributed by atoms with van der Waals surface area (Å²) in [5.41, 5.74) is 0. The van der Waals surface area contributed by atoms with Crippen molar-refractivity contribution in [1.29, 1.82) is 0 Å². The molecule has 0 spiro atoms. The zero-order chi connectivity index (χ0) is 11.0. The Hall–Kier alpha value is -0.830. The third-order valence-electron chi connectivity index (χ3n) is 2.35. The fourth-order valence-corrected chi connectivity index (χ4v) is 1.45. The van der Waals surface area contributed by atoms with Gasteiger partial charge in [0.15, 0.2) is 0 Å². The normalized spacial score (nSPS) is 15.4. The van der Waals surface area contributed by atoms with E-state index in [-0.39, 0.29) is 24.4 Å². The predicted octanol–water partition coefficient (Wildman–Crippen LogP) is 1.76. The van der Waals surface area contributed by atoms with Crippen LogP contribution in [-0.2, 0) is 9.53 Å². The molecule has 3 nitrogen and oxygen atoms in total. The highest BCUT2D eigenvalue weighted by molar-refractivity contribution is 5.72. The van der Waals surface area contributed by atoms with Crippen molar-refractivity contribution in [2.75, 3.05) is 13.7 Å². The Balaban J connectivity index is 4.24. The minimum Gasteiger partial charge on any atom is -0.469 e. The summed E-state index contributed by atoms with van der Waals surface area (Å²) in [5.74, 6) is -0.159. The average molecular weight is 200 g/mol. The number of esters is 1. The summed E-state index contributed by atoms with van der Waals surface area (Å²) in [6, 6.07) is 0. The maximum atomic E-state index is 11.3. The Bertz CT molecular complexity index is 187. The standard InChI is InChI=1S/C11H20O3/c1-4-6-10(7-5-8-12)9(2)11(13)14-3/h4,6,9-10,12H,5,7-8H2,1-3H3. The summed E-state index contributed by atoms with van der Waals surface area (Å²) in [5, 5.41) is 8.72. The van der Waals surface area contributed by atoms with Gasteiger partial charge >= 0.3 is 5.97 Å². The third kappa shape index (κ3) is 4.42. The number of carbonyl (C=O) groups excluding carboxylic acids is 1. The predicted molar refractivity (Wildman–Crippen MR) is 55.8 cm³/mol. The van der Waals surface area contributed by atoms with Crippen LogP contribution in [0.1, 0.15) is 26.7 Å². The number of allylic oxidation sites excluding steroid dienone is 2. The molecule has 0 aromatic carbocycles. The summed E-state index contributed by atoms with van der Waals surface area (Å²) in [7, 11) is 1.40. The molecule has 14 heavy (non-hydrogen) atoms. The van der Waals surface area contributed by atoms with Gasteiger partial charge in [0.05, 0.1) is 13.0 Å². The molecule has 0 heterocycles. The summed E-state index contributed by atoms with van der Waals surface area (Å²) < 4.78 is 4.68. The van der Waals surface area contributed by atoms with Gasteiger partial charge in [0.2, 0.25) is 0 Å². The van der Waals surface area contributed by atoms with Gasteiger partial charge in [-0.2, -0.15) is 0 Å². The van der Waals surface area contributed by atoms with Crippen molar-refractivity contribution >= 4 is 5.97 Å². The summed E-state index contributed by atoms with van der Waals surface area (Å²) in [4.78, 5) is 11.3. The van der Waals surface area contributed by atoms with Gasteiger partial charge in [-0.3, -0.25) is 4.79 Å². The molecule has 0 rings (SSSR count). The molecular weight excluding hydrogens is 180 g/mol. The van der Waals surface area contributed by atoms with Crippen LogP contribution in [0.5, 0.6) is 0 Å². The van der Waals surface area contributed by atoms with Gasteiger partial charge in [-0.25, -0.2) is 0 Å². The van der Waals surface area contributed by atoms with Crippen LogP contribution >= 0.6 is 0 Å². The lowest BCUT2D eigenvalue weighted by Crippen LogP contribution is -2.21. The van der Waals surface area contributed by atoms with E-state index in [1.807, 2.05) is 26.0 Å². The highest BCUT2D eigenvalue weighted by Gasteiger charge is 2.21. The first-order valence-corrected chi connectivity index (χ1v) is 4.98. The van der Waals surface area contributed by atoms with E-state index in [2.05, 4.69) is 4.74 Å². The highest BCUT2D eigenvalue weighted by Crippen LogP contribution is 2.20. The second kappa shape index (κ2) is 7.56. The van der Waals surface area contributed by atoms with Crippen molar-refractivity contribution in [2.24, 2.45) is 11.8 Å². The molecule has 1 N–H and O–H groups in total. The Morgan fingerprint density at radius 3 is 2.64 bits per heavy atom. The lowest BCUT2D eigenvalue weighted by atomic mass is 9.89. The lowest BCUT2D eigenvalue weighted by Gasteiger charge is -2.18. The maximum absolute atomic E-state index is 11.3. The van der Waals surface area contributed by atoms with Crippen molar-refractivity contribution in [3.05, 3.63) is 12.2 Å². The monoisotopic (exact) mass is 200 g/mol. The van der Waals surface area contributed by atoms with Gasteiger partial charge < -0.3 is 9.84 Å². The molecule has 0 fully saturated rings. The Kier molecular flexibility index (Phi) is 7.11. The molecule has 0 radical (unpaired) electrons. The molecule has 0 saturated carbocycles. The molecule has 0 aliphatic carbocycles. The van der Waals surface area contributed by atoms with E-state index < -0.39 is 0 Å². The van der Waals surface area contributed by atoms with E-state index in [0.29, 0.717) is 0 Å². The van der Waals surface area contributed by atoms with Crippen LogP contribution in [0.15, 0.2) is 12.2 Å². The number of methoxy groups -OCH3 is 1. The summed E-state index contributed by atoms with van der Waals surface area (Å²) in [6.07, 6.45) is 5.46. The van der Waals surface area contributed by atoms with Crippen LogP contribution in [0.4, 0.5) is 0 Å². The largest absolute Gasteiger partial charge is 0.469 e. The highest BCUT2D eigenvalue weighted by atomic mass is 16.5. The Morgan fingerprint density at radius 1 is 1.57 bits per heavy atom. The van der Waals surface area contributed by atoms with E-state index >= 15 is 0 Å². The molecule has 2 atom stereocenters. The van der Waals surface area contributed by atoms with Crippen LogP contribution in [0.2, 0.25) is 0 Å². The van der Waals surface area contributed by atoms with Crippen molar-refractivity contribution in [3.8, 4) is 0 Å². The van der Waals surface area contributed by atoms with Gasteiger partial charge in [-0.1, -0.05) is 19.1 Å². The van der Waals surface area contributed by atoms with E-state index in [0.717, 1.165) is 12.8 Å². The summed E-state index contributed by atoms with van der Waals surface area (Å²) in [6.45, 7) is 3.95. The molecule has 82 valence electrons. The minimum atomic E-state index is -0.189. The molecule has 0 aliphatic heterocycles. The Morgan fingerprint density at radius 2 is 2.21 bits per heavy atom. The number of aliphatic hydroxyl groups is 1. The van der Waals surface area contributed by atoms with Gasteiger partial charge in [-0.05, 0) is 25.7 Å². The fourth-order valence-electron chi connectivity index (χ4n) is 1.45. The number of carbonyl (C=O) groups is 1. The first-order valence-electron chi connectivity index (χ1n) is 4.98. The number of hydrogen-bond acceptors (Lipinski definition) is 3. The fraction of sp³-hybridized carbons (Fsp3) is 0.727. The average Bonchev–Trinajstić information content (AvgIpc) is 2.22. The first-order chi connectivity index (χ1) is 6.67. The Labute approximate surface area is 85.8 Å². The van der Waals surface area contributed by atoms with Crippen LogP contribution in [-0.4, -0.2) is 24.8 Å². The van der Waals surface area contributed by atoms with Crippen molar-refractivity contribution in [1.82, 2.24) is 0 Å². The smallest absolute Gasteiger partial charge is 0.308 e. The zero-order valence-corrected chi connectivity index (χ0v) is 9.19. The molecule has 0 aromatic heterocycles. The number of ether oxygens (including phenoxy) is 1. The molecule has 0 aliphatic rings. The van der Waals surface area contributed by atoms with E-state index in [4.69, 9.17) is 5.11 Å². The topological polar surface area (TPSA) is 46.5 Å². The quantitative estimate of drug-likeness (QED) is 0.525. The number of rotatable bonds is 6. The molecule has 0 saturated heterocycles. The van der Waals surface area contributed by atoms with Crippen LogP contribution in [0.25, 0.3) is 0 Å². The first kappa shape index (κ1) is 13.2. The maximum Gasteiger partial charge on any atom is 0.308 e. The van der Waals surface area contributed by atoms with Crippen molar-refractivity contribution in [3.63, 3.8) is 0 Å². The van der Waals surface area contributed by atoms with E-state index in [1.54, 1.807) is 0 Å². The van der Waals surface area contributed by atoms with Crippen LogP contribution in [0, 0.1) is 11.8 Å². The van der Waals surface area contributed by atoms with Gasteiger partial charge in [0, 0.05) is 6.61 Å². The molecule has 0 amide bonds. The SMILES string of the molecule is CC=CC(CCCO)C(C)C(=O)OC. The second-order valence-corrected chi connectivity index (χ2v) is 3.37. The molecule has 0 aromatic rings. The summed E-state index contributed by atoms with van der Waals surface area (Å²) >= 11 is 0. The minimum absolute atomic E-state index is 0.136. The van der Waals surface area contributed by atoms with Gasteiger partial charge in [0.25, 0.3) is 0 Å². The van der Waals surface area contributed by atoms with E-state index in [9.17, 15) is 4.79 Å². The van der Waals surface area contributed by atoms with E-state index in [1.165, 1.54) is 7.11 Å². The molecule has 3 heteroatoms. The van der Waals surface area contributed by atoms with Crippen molar-refractivity contribution < 1.29 is 14.6 Å². The number of aliphatic hydroxyl groups excluding tert-OH is 1. The van der Waals surface area contributed by atoms with Crippen LogP contribution in [0.3, 0.4) is 0 Å². The molecule has 0 bridgehead atoms.